The minimum atomic E-state index is -1.16. The maximum absolute atomic E-state index is 12.0. The number of amides is 2. The van der Waals surface area contributed by atoms with Gasteiger partial charge in [0.2, 0.25) is 0 Å². The van der Waals surface area contributed by atoms with E-state index in [0.29, 0.717) is 25.0 Å². The fourth-order valence-corrected chi connectivity index (χ4v) is 3.49. The van der Waals surface area contributed by atoms with E-state index in [2.05, 4.69) is 10.6 Å². The van der Waals surface area contributed by atoms with Gasteiger partial charge in [0.05, 0.1) is 0 Å². The summed E-state index contributed by atoms with van der Waals surface area (Å²) in [6, 6.07) is -0.596. The summed E-state index contributed by atoms with van der Waals surface area (Å²) in [5, 5.41) is 14.9. The van der Waals surface area contributed by atoms with Gasteiger partial charge in [-0.2, -0.15) is 0 Å². The molecule has 0 spiro atoms. The molecule has 1 fully saturated rings. The molecule has 0 heterocycles. The Hall–Kier alpha value is -1.11. The lowest BCUT2D eigenvalue weighted by Gasteiger charge is -2.37. The highest BCUT2D eigenvalue weighted by Gasteiger charge is 2.43. The van der Waals surface area contributed by atoms with Crippen LogP contribution in [-0.4, -0.2) is 44.9 Å². The molecule has 1 rings (SSSR count). The average molecular weight is 318 g/mol. The summed E-state index contributed by atoms with van der Waals surface area (Å²) in [5.41, 5.74) is -1.16. The zero-order valence-corrected chi connectivity index (χ0v) is 13.8. The van der Waals surface area contributed by atoms with Crippen LogP contribution >= 0.6 is 0 Å². The number of carbonyl (C=O) groups is 2. The topological polar surface area (TPSA) is 95.5 Å². The maximum atomic E-state index is 12.0. The number of nitrogens with one attached hydrogen (secondary N) is 2. The van der Waals surface area contributed by atoms with Crippen LogP contribution in [-0.2, 0) is 15.6 Å². The summed E-state index contributed by atoms with van der Waals surface area (Å²) in [6.45, 7) is 3.83. The van der Waals surface area contributed by atoms with Crippen molar-refractivity contribution in [2.24, 2.45) is 5.92 Å². The maximum Gasteiger partial charge on any atom is 0.329 e. The Kier molecular flexibility index (Phi) is 6.64. The molecule has 0 aliphatic heterocycles. The van der Waals surface area contributed by atoms with Crippen molar-refractivity contribution in [1.29, 1.82) is 0 Å². The molecule has 1 aliphatic carbocycles. The van der Waals surface area contributed by atoms with E-state index in [-0.39, 0.29) is 12.0 Å². The van der Waals surface area contributed by atoms with Gasteiger partial charge in [-0.25, -0.2) is 9.59 Å². The first-order chi connectivity index (χ1) is 9.75. The molecule has 21 heavy (non-hydrogen) atoms. The van der Waals surface area contributed by atoms with Crippen LogP contribution in [0, 0.1) is 5.92 Å². The van der Waals surface area contributed by atoms with Gasteiger partial charge in [-0.1, -0.05) is 19.8 Å². The summed E-state index contributed by atoms with van der Waals surface area (Å²) in [4.78, 5) is 23.6. The molecule has 4 atom stereocenters. The summed E-state index contributed by atoms with van der Waals surface area (Å²) in [5.74, 6) is -0.163. The Morgan fingerprint density at radius 2 is 2.14 bits per heavy atom. The third-order valence-corrected chi connectivity index (χ3v) is 4.79. The van der Waals surface area contributed by atoms with Crippen LogP contribution < -0.4 is 10.6 Å². The molecule has 6 nitrogen and oxygen atoms in total. The van der Waals surface area contributed by atoms with Gasteiger partial charge in [0.25, 0.3) is 0 Å². The highest BCUT2D eigenvalue weighted by atomic mass is 32.2. The van der Waals surface area contributed by atoms with Gasteiger partial charge < -0.3 is 15.7 Å². The van der Waals surface area contributed by atoms with Crippen molar-refractivity contribution in [3.05, 3.63) is 0 Å². The molecule has 0 aromatic rings. The molecular formula is C14H26N2O4S. The summed E-state index contributed by atoms with van der Waals surface area (Å²) in [7, 11) is -0.893. The molecule has 0 aromatic heterocycles. The molecule has 0 aromatic carbocycles. The van der Waals surface area contributed by atoms with Crippen molar-refractivity contribution in [1.82, 2.24) is 10.6 Å². The van der Waals surface area contributed by atoms with Gasteiger partial charge in [0, 0.05) is 28.9 Å². The van der Waals surface area contributed by atoms with Crippen LogP contribution in [0.3, 0.4) is 0 Å². The Bertz CT molecular complexity index is 416. The number of carbonyl (C=O) groups excluding carboxylic acids is 1. The van der Waals surface area contributed by atoms with Crippen LogP contribution in [0.2, 0.25) is 0 Å². The van der Waals surface area contributed by atoms with Gasteiger partial charge >= 0.3 is 12.0 Å². The molecule has 7 heteroatoms. The van der Waals surface area contributed by atoms with E-state index >= 15 is 0 Å². The zero-order valence-electron chi connectivity index (χ0n) is 13.0. The van der Waals surface area contributed by atoms with Gasteiger partial charge in [-0.3, -0.25) is 4.21 Å². The first-order valence-corrected chi connectivity index (χ1v) is 9.10. The van der Waals surface area contributed by atoms with Gasteiger partial charge in [0.15, 0.2) is 0 Å². The van der Waals surface area contributed by atoms with Crippen LogP contribution in [0.15, 0.2) is 0 Å². The molecule has 1 aliphatic rings. The van der Waals surface area contributed by atoms with Crippen molar-refractivity contribution in [3.8, 4) is 0 Å². The lowest BCUT2D eigenvalue weighted by Crippen LogP contribution is -2.59. The minimum Gasteiger partial charge on any atom is -0.480 e. The SMILES string of the molecule is CC1CCCC(NC(=O)NC(C)CCS(C)=O)(C(=O)O)C1. The zero-order chi connectivity index (χ0) is 16.0. The van der Waals surface area contributed by atoms with E-state index in [1.54, 1.807) is 6.26 Å². The van der Waals surface area contributed by atoms with Crippen LogP contribution in [0.4, 0.5) is 4.79 Å². The van der Waals surface area contributed by atoms with Crippen molar-refractivity contribution in [2.45, 2.75) is 57.5 Å². The first kappa shape index (κ1) is 17.9. The van der Waals surface area contributed by atoms with Crippen LogP contribution in [0.1, 0.15) is 46.0 Å². The smallest absolute Gasteiger partial charge is 0.329 e. The minimum absolute atomic E-state index is 0.138. The summed E-state index contributed by atoms with van der Waals surface area (Å²) >= 11 is 0. The second-order valence-corrected chi connectivity index (χ2v) is 7.71. The fraction of sp³-hybridized carbons (Fsp3) is 0.857. The predicted molar refractivity (Wildman–Crippen MR) is 82.7 cm³/mol. The molecule has 0 bridgehead atoms. The largest absolute Gasteiger partial charge is 0.480 e. The lowest BCUT2D eigenvalue weighted by molar-refractivity contribution is -0.146. The molecule has 1 saturated carbocycles. The average Bonchev–Trinajstić information content (AvgIpc) is 2.35. The highest BCUT2D eigenvalue weighted by Crippen LogP contribution is 2.32. The monoisotopic (exact) mass is 318 g/mol. The lowest BCUT2D eigenvalue weighted by atomic mass is 9.76. The van der Waals surface area contributed by atoms with Crippen LogP contribution in [0.5, 0.6) is 0 Å². The Balaban J connectivity index is 2.57. The third-order valence-electron chi connectivity index (χ3n) is 3.98. The Morgan fingerprint density at radius 1 is 1.48 bits per heavy atom. The fourth-order valence-electron chi connectivity index (χ4n) is 2.80. The van der Waals surface area contributed by atoms with Crippen molar-refractivity contribution in [3.63, 3.8) is 0 Å². The molecule has 3 N–H and O–H groups in total. The first-order valence-electron chi connectivity index (χ1n) is 7.37. The van der Waals surface area contributed by atoms with Crippen molar-refractivity contribution in [2.75, 3.05) is 12.0 Å². The van der Waals surface area contributed by atoms with E-state index < -0.39 is 28.3 Å². The van der Waals surface area contributed by atoms with E-state index in [4.69, 9.17) is 0 Å². The number of urea groups is 1. The van der Waals surface area contributed by atoms with E-state index in [0.717, 1.165) is 12.8 Å². The van der Waals surface area contributed by atoms with E-state index in [1.165, 1.54) is 0 Å². The van der Waals surface area contributed by atoms with Crippen molar-refractivity contribution >= 4 is 22.8 Å². The molecule has 0 radical (unpaired) electrons. The van der Waals surface area contributed by atoms with Crippen LogP contribution in [0.25, 0.3) is 0 Å². The number of hydrogen-bond donors (Lipinski definition) is 3. The summed E-state index contributed by atoms with van der Waals surface area (Å²) in [6.07, 6.45) is 4.95. The molecule has 122 valence electrons. The van der Waals surface area contributed by atoms with Gasteiger partial charge in [-0.15, -0.1) is 0 Å². The summed E-state index contributed by atoms with van der Waals surface area (Å²) < 4.78 is 11.0. The van der Waals surface area contributed by atoms with E-state index in [9.17, 15) is 18.9 Å². The van der Waals surface area contributed by atoms with Crippen molar-refractivity contribution < 1.29 is 18.9 Å². The number of carboxylic acid groups (broad SMARTS) is 1. The number of hydrogen-bond acceptors (Lipinski definition) is 3. The molecule has 2 amide bonds. The quantitative estimate of drug-likeness (QED) is 0.691. The number of rotatable bonds is 6. The standard InChI is InChI=1S/C14H26N2O4S/c1-10-5-4-7-14(9-10,12(17)18)16-13(19)15-11(2)6-8-21(3)20/h10-11H,4-9H2,1-3H3,(H,17,18)(H2,15,16,19). The van der Waals surface area contributed by atoms with Gasteiger partial charge in [-0.05, 0) is 32.1 Å². The normalized spacial score (nSPS) is 28.4. The highest BCUT2D eigenvalue weighted by molar-refractivity contribution is 7.84. The molecular weight excluding hydrogens is 292 g/mol. The van der Waals surface area contributed by atoms with E-state index in [1.807, 2.05) is 13.8 Å². The second kappa shape index (κ2) is 7.77. The second-order valence-electron chi connectivity index (χ2n) is 6.15. The molecule has 0 saturated heterocycles. The predicted octanol–water partition coefficient (Wildman–Crippen LogP) is 1.48. The number of aliphatic carboxylic acids is 1. The third kappa shape index (κ3) is 5.65. The Morgan fingerprint density at radius 3 is 2.67 bits per heavy atom. The Labute approximate surface area is 128 Å². The van der Waals surface area contributed by atoms with Gasteiger partial charge in [0.1, 0.15) is 5.54 Å². The number of carboxylic acids is 1. The molecule has 4 unspecified atom stereocenters.